The number of carbonyl (C=O) groups is 2. The molecule has 0 saturated carbocycles. The van der Waals surface area contributed by atoms with Crippen LogP contribution < -0.4 is 9.62 Å². The smallest absolute Gasteiger partial charge is 0.243 e. The fourth-order valence-electron chi connectivity index (χ4n) is 4.40. The monoisotopic (exact) mass is 645 g/mol. The standard InChI is InChI=1S/C31H37BrFN3O4S/c1-31(2,3)34-30(38)28(21-23-9-6-5-7-10-23)35(22-24-12-14-25(32)15-13-24)29(37)11-8-20-36(41(4,39)40)27-18-16-26(33)17-19-27/h5-7,9-10,12-19,28H,8,11,20-22H2,1-4H3,(H,34,38)/t28-/m1/s1. The van der Waals surface area contributed by atoms with Gasteiger partial charge in [0, 0.05) is 35.9 Å². The van der Waals surface area contributed by atoms with Gasteiger partial charge < -0.3 is 10.2 Å². The Balaban J connectivity index is 1.89. The Morgan fingerprint density at radius 1 is 0.927 bits per heavy atom. The predicted molar refractivity (Wildman–Crippen MR) is 164 cm³/mol. The number of sulfonamides is 1. The normalized spacial score (nSPS) is 12.4. The van der Waals surface area contributed by atoms with E-state index in [0.29, 0.717) is 12.1 Å². The lowest BCUT2D eigenvalue weighted by Gasteiger charge is -2.34. The van der Waals surface area contributed by atoms with Gasteiger partial charge in [-0.25, -0.2) is 12.8 Å². The minimum absolute atomic E-state index is 0.0117. The van der Waals surface area contributed by atoms with Gasteiger partial charge in [0.2, 0.25) is 21.8 Å². The molecule has 41 heavy (non-hydrogen) atoms. The molecule has 0 aliphatic rings. The molecule has 3 aromatic carbocycles. The van der Waals surface area contributed by atoms with E-state index >= 15 is 0 Å². The van der Waals surface area contributed by atoms with Crippen molar-refractivity contribution >= 4 is 43.5 Å². The second-order valence-electron chi connectivity index (χ2n) is 11.0. The number of hydrogen-bond acceptors (Lipinski definition) is 4. The van der Waals surface area contributed by atoms with Crippen LogP contribution in [0.4, 0.5) is 10.1 Å². The van der Waals surface area contributed by atoms with Gasteiger partial charge in [-0.05, 0) is 74.7 Å². The molecule has 1 atom stereocenters. The molecule has 220 valence electrons. The minimum Gasteiger partial charge on any atom is -0.350 e. The van der Waals surface area contributed by atoms with Gasteiger partial charge in [-0.3, -0.25) is 13.9 Å². The van der Waals surface area contributed by atoms with Crippen molar-refractivity contribution in [3.8, 4) is 0 Å². The van der Waals surface area contributed by atoms with Gasteiger partial charge in [0.15, 0.2) is 0 Å². The van der Waals surface area contributed by atoms with Gasteiger partial charge in [0.05, 0.1) is 11.9 Å². The highest BCUT2D eigenvalue weighted by Gasteiger charge is 2.32. The Morgan fingerprint density at radius 3 is 2.10 bits per heavy atom. The molecule has 1 N–H and O–H groups in total. The average Bonchev–Trinajstić information content (AvgIpc) is 2.89. The van der Waals surface area contributed by atoms with Crippen LogP contribution in [0.1, 0.15) is 44.7 Å². The first kappa shape index (κ1) is 32.3. The van der Waals surface area contributed by atoms with Gasteiger partial charge in [0.1, 0.15) is 11.9 Å². The van der Waals surface area contributed by atoms with Crippen molar-refractivity contribution in [3.63, 3.8) is 0 Å². The van der Waals surface area contributed by atoms with Crippen molar-refractivity contribution in [2.75, 3.05) is 17.1 Å². The molecule has 3 rings (SSSR count). The highest BCUT2D eigenvalue weighted by Crippen LogP contribution is 2.21. The third kappa shape index (κ3) is 10.3. The van der Waals surface area contributed by atoms with Crippen LogP contribution in [0, 0.1) is 5.82 Å². The summed E-state index contributed by atoms with van der Waals surface area (Å²) < 4.78 is 40.5. The number of nitrogens with one attached hydrogen (secondary N) is 1. The first-order chi connectivity index (χ1) is 19.2. The van der Waals surface area contributed by atoms with Crippen LogP contribution in [0.5, 0.6) is 0 Å². The first-order valence-corrected chi connectivity index (χ1v) is 16.0. The van der Waals surface area contributed by atoms with E-state index in [4.69, 9.17) is 0 Å². The number of nitrogens with zero attached hydrogens (tertiary/aromatic N) is 2. The van der Waals surface area contributed by atoms with Crippen LogP contribution in [0.3, 0.4) is 0 Å². The maximum Gasteiger partial charge on any atom is 0.243 e. The lowest BCUT2D eigenvalue weighted by molar-refractivity contribution is -0.142. The van der Waals surface area contributed by atoms with Gasteiger partial charge in [-0.1, -0.05) is 58.4 Å². The number of rotatable bonds is 12. The summed E-state index contributed by atoms with van der Waals surface area (Å²) >= 11 is 3.44. The largest absolute Gasteiger partial charge is 0.350 e. The van der Waals surface area contributed by atoms with Crippen LogP contribution in [0.25, 0.3) is 0 Å². The highest BCUT2D eigenvalue weighted by atomic mass is 79.9. The van der Waals surface area contributed by atoms with Crippen molar-refractivity contribution in [1.82, 2.24) is 10.2 Å². The number of hydrogen-bond donors (Lipinski definition) is 1. The van der Waals surface area contributed by atoms with Gasteiger partial charge in [-0.15, -0.1) is 0 Å². The van der Waals surface area contributed by atoms with E-state index in [-0.39, 0.29) is 37.7 Å². The molecule has 0 unspecified atom stereocenters. The maximum absolute atomic E-state index is 13.8. The van der Waals surface area contributed by atoms with Crippen LogP contribution in [0.2, 0.25) is 0 Å². The molecule has 0 heterocycles. The van der Waals surface area contributed by atoms with Crippen LogP contribution >= 0.6 is 15.9 Å². The second kappa shape index (κ2) is 14.1. The number of carbonyl (C=O) groups excluding carboxylic acids is 2. The molecule has 0 fully saturated rings. The Hall–Kier alpha value is -3.24. The molecular formula is C31H37BrFN3O4S. The third-order valence-corrected chi connectivity index (χ3v) is 8.02. The number of halogens is 2. The molecule has 2 amide bonds. The summed E-state index contributed by atoms with van der Waals surface area (Å²) in [6.07, 6.45) is 1.61. The maximum atomic E-state index is 13.8. The molecular weight excluding hydrogens is 609 g/mol. The van der Waals surface area contributed by atoms with E-state index in [1.807, 2.05) is 75.4 Å². The topological polar surface area (TPSA) is 86.8 Å². The first-order valence-electron chi connectivity index (χ1n) is 13.4. The molecule has 0 aliphatic heterocycles. The zero-order chi connectivity index (χ0) is 30.2. The molecule has 0 radical (unpaired) electrons. The quantitative estimate of drug-likeness (QED) is 0.274. The Bertz CT molecular complexity index is 1410. The summed E-state index contributed by atoms with van der Waals surface area (Å²) in [4.78, 5) is 29.1. The summed E-state index contributed by atoms with van der Waals surface area (Å²) in [7, 11) is -3.68. The van der Waals surface area contributed by atoms with Gasteiger partial charge in [-0.2, -0.15) is 0 Å². The third-order valence-electron chi connectivity index (χ3n) is 6.30. The van der Waals surface area contributed by atoms with Crippen molar-refractivity contribution < 1.29 is 22.4 Å². The molecule has 7 nitrogen and oxygen atoms in total. The fraction of sp³-hybridized carbons (Fsp3) is 0.355. The molecule has 0 spiro atoms. The lowest BCUT2D eigenvalue weighted by Crippen LogP contribution is -2.54. The Labute approximate surface area is 250 Å². The predicted octanol–water partition coefficient (Wildman–Crippen LogP) is 5.69. The van der Waals surface area contributed by atoms with E-state index in [2.05, 4.69) is 21.2 Å². The van der Waals surface area contributed by atoms with Gasteiger partial charge in [0.25, 0.3) is 0 Å². The molecule has 0 aromatic heterocycles. The van der Waals surface area contributed by atoms with E-state index in [0.717, 1.165) is 26.2 Å². The van der Waals surface area contributed by atoms with Crippen molar-refractivity contribution in [1.29, 1.82) is 0 Å². The van der Waals surface area contributed by atoms with E-state index < -0.39 is 27.4 Å². The molecule has 10 heteroatoms. The summed E-state index contributed by atoms with van der Waals surface area (Å²) in [5.41, 5.74) is 1.57. The molecule has 0 bridgehead atoms. The zero-order valence-corrected chi connectivity index (χ0v) is 26.2. The lowest BCUT2D eigenvalue weighted by atomic mass is 10.00. The molecule has 0 saturated heterocycles. The summed E-state index contributed by atoms with van der Waals surface area (Å²) in [6, 6.07) is 21.5. The van der Waals surface area contributed by atoms with Crippen LogP contribution in [-0.4, -0.2) is 49.5 Å². The summed E-state index contributed by atoms with van der Waals surface area (Å²) in [5, 5.41) is 3.03. The molecule has 0 aliphatic carbocycles. The van der Waals surface area contributed by atoms with E-state index in [9.17, 15) is 22.4 Å². The zero-order valence-electron chi connectivity index (χ0n) is 23.8. The Morgan fingerprint density at radius 2 is 1.54 bits per heavy atom. The Kier molecular flexibility index (Phi) is 11.1. The highest BCUT2D eigenvalue weighted by molar-refractivity contribution is 9.10. The SMILES string of the molecule is CC(C)(C)NC(=O)[C@@H](Cc1ccccc1)N(Cc1ccc(Br)cc1)C(=O)CCCN(c1ccc(F)cc1)S(C)(=O)=O. The number of benzene rings is 3. The number of amides is 2. The van der Waals surface area contributed by atoms with Gasteiger partial charge >= 0.3 is 0 Å². The van der Waals surface area contributed by atoms with E-state index in [1.165, 1.54) is 24.3 Å². The second-order valence-corrected chi connectivity index (χ2v) is 13.8. The van der Waals surface area contributed by atoms with Crippen molar-refractivity contribution in [2.45, 2.75) is 58.2 Å². The van der Waals surface area contributed by atoms with Crippen molar-refractivity contribution in [2.24, 2.45) is 0 Å². The average molecular weight is 647 g/mol. The fourth-order valence-corrected chi connectivity index (χ4v) is 5.63. The summed E-state index contributed by atoms with van der Waals surface area (Å²) in [6.45, 7) is 5.90. The number of anilines is 1. The van der Waals surface area contributed by atoms with Crippen LogP contribution in [0.15, 0.2) is 83.3 Å². The van der Waals surface area contributed by atoms with Crippen LogP contribution in [-0.2, 0) is 32.6 Å². The summed E-state index contributed by atoms with van der Waals surface area (Å²) in [5.74, 6) is -1.01. The minimum atomic E-state index is -3.68. The molecule has 3 aromatic rings. The van der Waals surface area contributed by atoms with Crippen molar-refractivity contribution in [3.05, 3.63) is 100 Å². The van der Waals surface area contributed by atoms with E-state index in [1.54, 1.807) is 4.90 Å².